The van der Waals surface area contributed by atoms with Gasteiger partial charge in [0, 0.05) is 0 Å². The molecule has 0 fully saturated rings. The van der Waals surface area contributed by atoms with Crippen LogP contribution < -0.4 is 0 Å². The molecule has 4 rings (SSSR count). The quantitative estimate of drug-likeness (QED) is 0.505. The van der Waals surface area contributed by atoms with E-state index in [1.165, 1.54) is 27.8 Å². The summed E-state index contributed by atoms with van der Waals surface area (Å²) in [5.41, 5.74) is 8.64. The zero-order valence-electron chi connectivity index (χ0n) is 15.1. The van der Waals surface area contributed by atoms with E-state index in [9.17, 15) is 5.11 Å². The average molecular weight is 328 g/mol. The van der Waals surface area contributed by atoms with E-state index in [-0.39, 0.29) is 5.41 Å². The fourth-order valence-corrected chi connectivity index (χ4v) is 3.69. The molecule has 0 aliphatic heterocycles. The SMILES string of the molecule is CC(C)(C)c1ccc([C@@H](O)c2ccc3c(c2)Cc2ccccc2-3)cc1. The zero-order valence-corrected chi connectivity index (χ0v) is 15.1. The predicted molar refractivity (Wildman–Crippen MR) is 104 cm³/mol. The van der Waals surface area contributed by atoms with E-state index < -0.39 is 6.10 Å². The molecule has 0 saturated heterocycles. The van der Waals surface area contributed by atoms with Crippen LogP contribution in [0, 0.1) is 0 Å². The molecule has 0 heterocycles. The van der Waals surface area contributed by atoms with Crippen molar-refractivity contribution in [1.29, 1.82) is 0 Å². The molecule has 1 heteroatoms. The summed E-state index contributed by atoms with van der Waals surface area (Å²) < 4.78 is 0. The summed E-state index contributed by atoms with van der Waals surface area (Å²) in [6.45, 7) is 6.61. The monoisotopic (exact) mass is 328 g/mol. The van der Waals surface area contributed by atoms with Gasteiger partial charge in [0.15, 0.2) is 0 Å². The minimum atomic E-state index is -0.581. The summed E-state index contributed by atoms with van der Waals surface area (Å²) in [5, 5.41) is 10.8. The number of aliphatic hydroxyl groups is 1. The van der Waals surface area contributed by atoms with Gasteiger partial charge in [0.1, 0.15) is 6.10 Å². The molecule has 1 N–H and O–H groups in total. The molecule has 0 saturated carbocycles. The maximum atomic E-state index is 10.8. The molecule has 0 spiro atoms. The molecule has 0 radical (unpaired) electrons. The second-order valence-corrected chi connectivity index (χ2v) is 8.03. The van der Waals surface area contributed by atoms with Crippen LogP contribution in [0.2, 0.25) is 0 Å². The standard InChI is InChI=1S/C24H24O/c1-24(2,3)20-11-8-16(9-12-20)23(25)18-10-13-22-19(15-18)14-17-6-4-5-7-21(17)22/h4-13,15,23,25H,14H2,1-3H3/t23-/m1/s1. The Kier molecular flexibility index (Phi) is 3.77. The van der Waals surface area contributed by atoms with Gasteiger partial charge in [0.2, 0.25) is 0 Å². The van der Waals surface area contributed by atoms with Gasteiger partial charge < -0.3 is 5.11 Å². The van der Waals surface area contributed by atoms with Crippen molar-refractivity contribution in [2.24, 2.45) is 0 Å². The summed E-state index contributed by atoms with van der Waals surface area (Å²) >= 11 is 0. The highest BCUT2D eigenvalue weighted by Gasteiger charge is 2.20. The molecule has 0 bridgehead atoms. The normalized spacial score (nSPS) is 14.1. The minimum Gasteiger partial charge on any atom is -0.384 e. The Balaban J connectivity index is 1.64. The summed E-state index contributed by atoms with van der Waals surface area (Å²) in [4.78, 5) is 0. The first kappa shape index (κ1) is 16.1. The van der Waals surface area contributed by atoms with Crippen molar-refractivity contribution in [3.05, 3.63) is 94.5 Å². The van der Waals surface area contributed by atoms with Crippen LogP contribution in [0.3, 0.4) is 0 Å². The average Bonchev–Trinajstić information content (AvgIpc) is 2.98. The van der Waals surface area contributed by atoms with Gasteiger partial charge in [0.25, 0.3) is 0 Å². The number of hydrogen-bond donors (Lipinski definition) is 1. The smallest absolute Gasteiger partial charge is 0.104 e. The highest BCUT2D eigenvalue weighted by molar-refractivity contribution is 5.77. The van der Waals surface area contributed by atoms with Crippen LogP contribution >= 0.6 is 0 Å². The molecule has 3 aromatic carbocycles. The molecule has 1 atom stereocenters. The lowest BCUT2D eigenvalue weighted by Gasteiger charge is -2.20. The fourth-order valence-electron chi connectivity index (χ4n) is 3.69. The number of aliphatic hydroxyl groups excluding tert-OH is 1. The van der Waals surface area contributed by atoms with Crippen LogP contribution in [0.4, 0.5) is 0 Å². The Morgan fingerprint density at radius 2 is 1.40 bits per heavy atom. The first-order valence-corrected chi connectivity index (χ1v) is 8.93. The van der Waals surface area contributed by atoms with Crippen molar-refractivity contribution in [3.63, 3.8) is 0 Å². The molecular weight excluding hydrogens is 304 g/mol. The Bertz CT molecular complexity index is 914. The van der Waals surface area contributed by atoms with Gasteiger partial charge in [-0.05, 0) is 50.8 Å². The second kappa shape index (κ2) is 5.86. The van der Waals surface area contributed by atoms with E-state index in [1.807, 2.05) is 12.1 Å². The molecular formula is C24H24O. The number of fused-ring (bicyclic) bond motifs is 3. The maximum Gasteiger partial charge on any atom is 0.104 e. The Morgan fingerprint density at radius 1 is 0.760 bits per heavy atom. The molecule has 0 amide bonds. The topological polar surface area (TPSA) is 20.2 Å². The highest BCUT2D eigenvalue weighted by Crippen LogP contribution is 2.38. The van der Waals surface area contributed by atoms with Crippen molar-refractivity contribution in [2.75, 3.05) is 0 Å². The van der Waals surface area contributed by atoms with Gasteiger partial charge in [0.05, 0.1) is 0 Å². The van der Waals surface area contributed by atoms with Crippen LogP contribution in [0.15, 0.2) is 66.7 Å². The third-order valence-electron chi connectivity index (χ3n) is 5.23. The number of hydrogen-bond acceptors (Lipinski definition) is 1. The zero-order chi connectivity index (χ0) is 17.6. The molecule has 3 aromatic rings. The Hall–Kier alpha value is -2.38. The van der Waals surface area contributed by atoms with Crippen molar-refractivity contribution in [1.82, 2.24) is 0 Å². The van der Waals surface area contributed by atoms with Gasteiger partial charge in [-0.3, -0.25) is 0 Å². The molecule has 1 aliphatic carbocycles. The molecule has 1 nitrogen and oxygen atoms in total. The lowest BCUT2D eigenvalue weighted by atomic mass is 9.86. The predicted octanol–water partition coefficient (Wildman–Crippen LogP) is 5.64. The van der Waals surface area contributed by atoms with Gasteiger partial charge in [-0.25, -0.2) is 0 Å². The van der Waals surface area contributed by atoms with E-state index in [0.717, 1.165) is 17.5 Å². The van der Waals surface area contributed by atoms with E-state index in [4.69, 9.17) is 0 Å². The highest BCUT2D eigenvalue weighted by atomic mass is 16.3. The van der Waals surface area contributed by atoms with Crippen LogP contribution in [0.25, 0.3) is 11.1 Å². The fraction of sp³-hybridized carbons (Fsp3) is 0.250. The summed E-state index contributed by atoms with van der Waals surface area (Å²) in [6.07, 6.45) is 0.373. The molecule has 126 valence electrons. The van der Waals surface area contributed by atoms with Crippen LogP contribution in [0.5, 0.6) is 0 Å². The minimum absolute atomic E-state index is 0.128. The van der Waals surface area contributed by atoms with Gasteiger partial charge in [-0.1, -0.05) is 87.5 Å². The first-order chi connectivity index (χ1) is 11.9. The molecule has 0 aromatic heterocycles. The summed E-state index contributed by atoms with van der Waals surface area (Å²) in [7, 11) is 0. The maximum absolute atomic E-state index is 10.8. The van der Waals surface area contributed by atoms with Gasteiger partial charge >= 0.3 is 0 Å². The molecule has 1 aliphatic rings. The lowest BCUT2D eigenvalue weighted by molar-refractivity contribution is 0.220. The van der Waals surface area contributed by atoms with Crippen LogP contribution in [-0.2, 0) is 11.8 Å². The van der Waals surface area contributed by atoms with Crippen molar-refractivity contribution >= 4 is 0 Å². The first-order valence-electron chi connectivity index (χ1n) is 8.93. The van der Waals surface area contributed by atoms with Crippen molar-refractivity contribution < 1.29 is 5.11 Å². The van der Waals surface area contributed by atoms with Crippen molar-refractivity contribution in [2.45, 2.75) is 38.7 Å². The largest absolute Gasteiger partial charge is 0.384 e. The second-order valence-electron chi connectivity index (χ2n) is 8.03. The Morgan fingerprint density at radius 3 is 2.12 bits per heavy atom. The van der Waals surface area contributed by atoms with Crippen molar-refractivity contribution in [3.8, 4) is 11.1 Å². The molecule has 25 heavy (non-hydrogen) atoms. The number of benzene rings is 3. The summed E-state index contributed by atoms with van der Waals surface area (Å²) in [6, 6.07) is 23.3. The Labute approximate surface area is 150 Å². The summed E-state index contributed by atoms with van der Waals surface area (Å²) in [5.74, 6) is 0. The van der Waals surface area contributed by atoms with E-state index >= 15 is 0 Å². The number of rotatable bonds is 2. The van der Waals surface area contributed by atoms with E-state index in [0.29, 0.717) is 0 Å². The van der Waals surface area contributed by atoms with E-state index in [2.05, 4.69) is 75.4 Å². The van der Waals surface area contributed by atoms with Gasteiger partial charge in [-0.2, -0.15) is 0 Å². The lowest BCUT2D eigenvalue weighted by Crippen LogP contribution is -2.11. The van der Waals surface area contributed by atoms with Crippen LogP contribution in [0.1, 0.15) is 54.7 Å². The van der Waals surface area contributed by atoms with Gasteiger partial charge in [-0.15, -0.1) is 0 Å². The molecule has 0 unspecified atom stereocenters. The third-order valence-corrected chi connectivity index (χ3v) is 5.23. The third kappa shape index (κ3) is 2.89. The van der Waals surface area contributed by atoms with E-state index in [1.54, 1.807) is 0 Å². The van der Waals surface area contributed by atoms with Crippen LogP contribution in [-0.4, -0.2) is 5.11 Å².